The number of likely N-dealkylation sites (N-methyl/N-ethyl adjacent to an activating group) is 1. The molecule has 2 saturated heterocycles. The number of carbonyl (C=O) groups is 2. The zero-order valence-electron chi connectivity index (χ0n) is 26.7. The van der Waals surface area contributed by atoms with Crippen LogP contribution in [0.2, 0.25) is 0 Å². The third kappa shape index (κ3) is 7.86. The number of anilines is 2. The molecule has 238 valence electrons. The molecule has 1 saturated carbocycles. The predicted octanol–water partition coefficient (Wildman–Crippen LogP) is 5.83. The van der Waals surface area contributed by atoms with Crippen molar-refractivity contribution in [3.05, 3.63) is 95.6 Å². The smallest absolute Gasteiger partial charge is 0.319 e. The first kappa shape index (κ1) is 31.1. The van der Waals surface area contributed by atoms with Gasteiger partial charge in [-0.15, -0.1) is 0 Å². The second-order valence-corrected chi connectivity index (χ2v) is 12.9. The van der Waals surface area contributed by atoms with Crippen molar-refractivity contribution in [2.75, 3.05) is 69.6 Å². The molecule has 0 aromatic heterocycles. The number of hydrogen-bond donors (Lipinski definition) is 2. The lowest BCUT2D eigenvalue weighted by molar-refractivity contribution is 0.0763. The fraction of sp³-hybridized carbons (Fsp3) is 0.459. The average Bonchev–Trinajstić information content (AvgIpc) is 3.30. The second-order valence-electron chi connectivity index (χ2n) is 12.9. The zero-order valence-corrected chi connectivity index (χ0v) is 26.7. The summed E-state index contributed by atoms with van der Waals surface area (Å²) in [6.45, 7) is 6.74. The summed E-state index contributed by atoms with van der Waals surface area (Å²) >= 11 is 0. The molecule has 2 N–H and O–H groups in total. The maximum Gasteiger partial charge on any atom is 0.319 e. The van der Waals surface area contributed by atoms with Crippen LogP contribution in [0.3, 0.4) is 0 Å². The molecular formula is C37H48N6O2. The summed E-state index contributed by atoms with van der Waals surface area (Å²) in [4.78, 5) is 36.1. The third-order valence-electron chi connectivity index (χ3n) is 9.69. The molecule has 3 fully saturated rings. The van der Waals surface area contributed by atoms with Crippen molar-refractivity contribution in [2.24, 2.45) is 0 Å². The zero-order chi connectivity index (χ0) is 31.0. The van der Waals surface area contributed by atoms with Crippen molar-refractivity contribution in [3.8, 4) is 0 Å². The van der Waals surface area contributed by atoms with E-state index >= 15 is 0 Å². The van der Waals surface area contributed by atoms with Crippen LogP contribution in [-0.2, 0) is 0 Å². The van der Waals surface area contributed by atoms with Crippen LogP contribution in [0, 0.1) is 0 Å². The van der Waals surface area contributed by atoms with E-state index in [1.807, 2.05) is 23.1 Å². The third-order valence-corrected chi connectivity index (χ3v) is 9.69. The molecule has 8 nitrogen and oxygen atoms in total. The largest absolute Gasteiger partial charge is 0.367 e. The number of nitrogens with one attached hydrogen (secondary N) is 2. The Bertz CT molecular complexity index is 1360. The molecule has 3 aliphatic rings. The highest BCUT2D eigenvalue weighted by molar-refractivity contribution is 5.99. The second kappa shape index (κ2) is 14.9. The lowest BCUT2D eigenvalue weighted by atomic mass is 9.96. The van der Waals surface area contributed by atoms with Gasteiger partial charge in [-0.1, -0.05) is 79.9 Å². The SMILES string of the molecule is CN1CCCN(C(=O)c2ccc(N3CCN(C(c4ccccc4)c4ccccc4)CC3)c(NC(=O)NC3CCCCC3)c2)CC1. The van der Waals surface area contributed by atoms with E-state index in [0.717, 1.165) is 83.6 Å². The van der Waals surface area contributed by atoms with Gasteiger partial charge in [0.2, 0.25) is 0 Å². The van der Waals surface area contributed by atoms with Gasteiger partial charge >= 0.3 is 6.03 Å². The fourth-order valence-corrected chi connectivity index (χ4v) is 7.17. The Morgan fingerprint density at radius 1 is 0.711 bits per heavy atom. The van der Waals surface area contributed by atoms with E-state index in [9.17, 15) is 9.59 Å². The van der Waals surface area contributed by atoms with E-state index in [1.54, 1.807) is 0 Å². The Morgan fingerprint density at radius 2 is 1.38 bits per heavy atom. The summed E-state index contributed by atoms with van der Waals surface area (Å²) < 4.78 is 0. The Morgan fingerprint density at radius 3 is 2.04 bits per heavy atom. The topological polar surface area (TPSA) is 71.2 Å². The molecule has 8 heteroatoms. The highest BCUT2D eigenvalue weighted by Crippen LogP contribution is 2.33. The molecular weight excluding hydrogens is 560 g/mol. The number of hydrogen-bond acceptors (Lipinski definition) is 5. The first-order valence-corrected chi connectivity index (χ1v) is 16.8. The number of carbonyl (C=O) groups excluding carboxylic acids is 2. The highest BCUT2D eigenvalue weighted by atomic mass is 16.2. The van der Waals surface area contributed by atoms with E-state index in [1.165, 1.54) is 17.5 Å². The highest BCUT2D eigenvalue weighted by Gasteiger charge is 2.28. The van der Waals surface area contributed by atoms with Gasteiger partial charge in [0, 0.05) is 57.4 Å². The van der Waals surface area contributed by atoms with Gasteiger partial charge in [-0.2, -0.15) is 0 Å². The number of urea groups is 1. The molecule has 0 radical (unpaired) electrons. The first-order chi connectivity index (χ1) is 22.0. The Kier molecular flexibility index (Phi) is 10.3. The maximum atomic E-state index is 13.6. The number of piperazine rings is 1. The Hall–Kier alpha value is -3.88. The van der Waals surface area contributed by atoms with Crippen LogP contribution in [-0.4, -0.2) is 92.1 Å². The summed E-state index contributed by atoms with van der Waals surface area (Å²) in [5, 5.41) is 6.38. The predicted molar refractivity (Wildman–Crippen MR) is 182 cm³/mol. The van der Waals surface area contributed by atoms with Crippen LogP contribution in [0.25, 0.3) is 0 Å². The van der Waals surface area contributed by atoms with Gasteiger partial charge in [0.25, 0.3) is 5.91 Å². The molecule has 45 heavy (non-hydrogen) atoms. The molecule has 2 heterocycles. The van der Waals surface area contributed by atoms with E-state index in [4.69, 9.17) is 0 Å². The molecule has 1 aliphatic carbocycles. The standard InChI is InChI=1S/C37H48N6O2/c1-40-20-11-21-43(23-22-40)36(44)31-18-19-34(33(28-31)39-37(45)38-32-16-9-4-10-17-32)41-24-26-42(27-25-41)35(29-12-5-2-6-13-29)30-14-7-3-8-15-30/h2-3,5-8,12-15,18-19,28,32,35H,4,9-11,16-17,20-27H2,1H3,(H2,38,39,45). The Labute approximate surface area is 268 Å². The van der Waals surface area contributed by atoms with Crippen LogP contribution in [0.15, 0.2) is 78.9 Å². The van der Waals surface area contributed by atoms with E-state index in [-0.39, 0.29) is 24.0 Å². The van der Waals surface area contributed by atoms with Gasteiger partial charge < -0.3 is 25.3 Å². The normalized spacial score (nSPS) is 18.9. The van der Waals surface area contributed by atoms with E-state index < -0.39 is 0 Å². The lowest BCUT2D eigenvalue weighted by Gasteiger charge is -2.41. The molecule has 0 atom stereocenters. The molecule has 0 spiro atoms. The quantitative estimate of drug-likeness (QED) is 0.353. The maximum absolute atomic E-state index is 13.6. The average molecular weight is 609 g/mol. The first-order valence-electron chi connectivity index (χ1n) is 16.8. The van der Waals surface area contributed by atoms with Crippen LogP contribution in [0.1, 0.15) is 66.1 Å². The van der Waals surface area contributed by atoms with Gasteiger partial charge in [0.15, 0.2) is 0 Å². The van der Waals surface area contributed by atoms with Crippen LogP contribution in [0.4, 0.5) is 16.2 Å². The Balaban J connectivity index is 1.21. The minimum absolute atomic E-state index is 0.0333. The molecule has 3 aromatic carbocycles. The van der Waals surface area contributed by atoms with Crippen molar-refractivity contribution < 1.29 is 9.59 Å². The van der Waals surface area contributed by atoms with Gasteiger partial charge in [-0.3, -0.25) is 9.69 Å². The van der Waals surface area contributed by atoms with Crippen molar-refractivity contribution >= 4 is 23.3 Å². The van der Waals surface area contributed by atoms with Gasteiger partial charge in [0.1, 0.15) is 0 Å². The monoisotopic (exact) mass is 608 g/mol. The fourth-order valence-electron chi connectivity index (χ4n) is 7.17. The minimum Gasteiger partial charge on any atom is -0.367 e. The molecule has 2 aliphatic heterocycles. The molecule has 6 rings (SSSR count). The summed E-state index contributed by atoms with van der Waals surface area (Å²) in [5.41, 5.74) is 4.89. The number of rotatable bonds is 7. The van der Waals surface area contributed by atoms with Crippen LogP contribution < -0.4 is 15.5 Å². The molecule has 3 amide bonds. The van der Waals surface area contributed by atoms with Crippen LogP contribution >= 0.6 is 0 Å². The molecule has 0 unspecified atom stereocenters. The van der Waals surface area contributed by atoms with Gasteiger partial charge in [-0.05, 0) is 62.2 Å². The van der Waals surface area contributed by atoms with Gasteiger partial charge in [0.05, 0.1) is 17.4 Å². The summed E-state index contributed by atoms with van der Waals surface area (Å²) in [7, 11) is 2.11. The number of nitrogens with zero attached hydrogens (tertiary/aromatic N) is 4. The van der Waals surface area contributed by atoms with Crippen molar-refractivity contribution in [3.63, 3.8) is 0 Å². The summed E-state index contributed by atoms with van der Waals surface area (Å²) in [6, 6.07) is 27.6. The number of amides is 3. The van der Waals surface area contributed by atoms with Crippen molar-refractivity contribution in [1.82, 2.24) is 20.0 Å². The summed E-state index contributed by atoms with van der Waals surface area (Å²) in [5.74, 6) is 0.0333. The van der Waals surface area contributed by atoms with Crippen molar-refractivity contribution in [2.45, 2.75) is 50.6 Å². The van der Waals surface area contributed by atoms with Crippen LogP contribution in [0.5, 0.6) is 0 Å². The van der Waals surface area contributed by atoms with Crippen molar-refractivity contribution in [1.29, 1.82) is 0 Å². The van der Waals surface area contributed by atoms with E-state index in [2.05, 4.69) is 93.0 Å². The molecule has 0 bridgehead atoms. The van der Waals surface area contributed by atoms with E-state index in [0.29, 0.717) is 17.8 Å². The summed E-state index contributed by atoms with van der Waals surface area (Å²) in [6.07, 6.45) is 6.56. The van der Waals surface area contributed by atoms with Gasteiger partial charge in [-0.25, -0.2) is 4.79 Å². The minimum atomic E-state index is -0.184. The molecule has 3 aromatic rings. The number of benzene rings is 3. The lowest BCUT2D eigenvalue weighted by Crippen LogP contribution is -2.48.